The first-order valence-electron chi connectivity index (χ1n) is 14.2. The number of benzene rings is 3. The first-order chi connectivity index (χ1) is 21.2. The van der Waals surface area contributed by atoms with Crippen LogP contribution in [0.3, 0.4) is 0 Å². The van der Waals surface area contributed by atoms with E-state index in [9.17, 15) is 12.8 Å². The second-order valence-electron chi connectivity index (χ2n) is 10.1. The molecule has 0 aliphatic carbocycles. The fourth-order valence-corrected chi connectivity index (χ4v) is 7.23. The zero-order chi connectivity index (χ0) is 31.1. The van der Waals surface area contributed by atoms with E-state index in [1.165, 1.54) is 29.8 Å². The molecule has 8 nitrogen and oxygen atoms in total. The molecule has 0 saturated heterocycles. The molecule has 2 aromatic heterocycles. The van der Waals surface area contributed by atoms with Gasteiger partial charge in [0.1, 0.15) is 41.4 Å². The highest BCUT2D eigenvalue weighted by molar-refractivity contribution is 9.10. The molecule has 12 heteroatoms. The number of rotatable bonds is 14. The molecule has 3 aromatic carbocycles. The van der Waals surface area contributed by atoms with Gasteiger partial charge in [0.2, 0.25) is 0 Å². The number of nitrogens with one attached hydrogen (secondary N) is 1. The molecule has 0 bridgehead atoms. The lowest BCUT2D eigenvalue weighted by Gasteiger charge is -2.13. The topological polar surface area (TPSA) is 103 Å². The number of fused-ring (bicyclic) bond motifs is 1. The lowest BCUT2D eigenvalue weighted by atomic mass is 10.1. The van der Waals surface area contributed by atoms with Gasteiger partial charge in [0.05, 0.1) is 28.0 Å². The quantitative estimate of drug-likeness (QED) is 0.124. The number of ether oxygens (including phenoxy) is 2. The lowest BCUT2D eigenvalue weighted by Crippen LogP contribution is -2.17. The number of hydrogen-bond acceptors (Lipinski definition) is 9. The monoisotopic (exact) mass is 698 g/mol. The molecule has 1 unspecified atom stereocenters. The van der Waals surface area contributed by atoms with Gasteiger partial charge in [-0.15, -0.1) is 11.3 Å². The van der Waals surface area contributed by atoms with Crippen molar-refractivity contribution in [3.05, 3.63) is 93.2 Å². The first-order valence-corrected chi connectivity index (χ1v) is 17.7. The van der Waals surface area contributed by atoms with Crippen LogP contribution >= 0.6 is 27.3 Å². The summed E-state index contributed by atoms with van der Waals surface area (Å²) in [6, 6.07) is 17.8. The maximum atomic E-state index is 13.5. The molecule has 0 radical (unpaired) electrons. The van der Waals surface area contributed by atoms with Crippen LogP contribution in [0.4, 0.5) is 15.9 Å². The molecule has 0 aliphatic heterocycles. The summed E-state index contributed by atoms with van der Waals surface area (Å²) in [4.78, 5) is 13.8. The average Bonchev–Trinajstić information content (AvgIpc) is 3.49. The number of nitrogens with zero attached hydrogens (tertiary/aromatic N) is 3. The van der Waals surface area contributed by atoms with Crippen molar-refractivity contribution in [2.75, 3.05) is 23.4 Å². The molecule has 0 spiro atoms. The van der Waals surface area contributed by atoms with Crippen LogP contribution in [0.1, 0.15) is 43.4 Å². The fourth-order valence-electron chi connectivity index (χ4n) is 4.60. The average molecular weight is 700 g/mol. The molecule has 230 valence electrons. The summed E-state index contributed by atoms with van der Waals surface area (Å²) in [5.74, 6) is 1.15. The van der Waals surface area contributed by atoms with Gasteiger partial charge in [-0.1, -0.05) is 32.0 Å². The summed E-state index contributed by atoms with van der Waals surface area (Å²) in [5.41, 5.74) is 4.01. The summed E-state index contributed by atoms with van der Waals surface area (Å²) in [5, 5.41) is 6.99. The predicted octanol–water partition coefficient (Wildman–Crippen LogP) is 8.27. The van der Waals surface area contributed by atoms with E-state index in [1.807, 2.05) is 61.7 Å². The normalized spacial score (nSPS) is 12.4. The summed E-state index contributed by atoms with van der Waals surface area (Å²) in [6.45, 7) is 4.24. The van der Waals surface area contributed by atoms with Crippen LogP contribution < -0.4 is 10.1 Å². The molecule has 5 rings (SSSR count). The van der Waals surface area contributed by atoms with E-state index >= 15 is 0 Å². The Morgan fingerprint density at radius 3 is 2.68 bits per heavy atom. The van der Waals surface area contributed by atoms with Gasteiger partial charge in [-0.25, -0.2) is 27.8 Å². The van der Waals surface area contributed by atoms with E-state index in [2.05, 4.69) is 31.2 Å². The molecule has 1 atom stereocenters. The Morgan fingerprint density at radius 2 is 1.91 bits per heavy atom. The predicted molar refractivity (Wildman–Crippen MR) is 177 cm³/mol. The Hall–Kier alpha value is -3.45. The fraction of sp³-hybridized carbons (Fsp3) is 0.281. The van der Waals surface area contributed by atoms with Crippen LogP contribution in [0.2, 0.25) is 0 Å². The van der Waals surface area contributed by atoms with E-state index in [0.717, 1.165) is 42.9 Å². The molecule has 44 heavy (non-hydrogen) atoms. The van der Waals surface area contributed by atoms with Crippen LogP contribution in [0, 0.1) is 5.82 Å². The Balaban J connectivity index is 1.30. The number of thiazole rings is 1. The standard InChI is InChI=1S/C32H32BrFN4O4S2/c1-3-13-44(39,40)14-12-41-29(4-2)32-38-28(19-43-32)22-8-10-27-25(16-22)31(36-20-35-27)37-24-9-11-30(26(33)17-24)42-18-21-6-5-7-23(34)15-21/h5-11,15-17,19-20,29H,3-4,12-14,18H2,1-2H3,(H,35,36,37). The molecular weight excluding hydrogens is 667 g/mol. The van der Waals surface area contributed by atoms with Crippen LogP contribution in [-0.2, 0) is 21.2 Å². The zero-order valence-electron chi connectivity index (χ0n) is 24.3. The lowest BCUT2D eigenvalue weighted by molar-refractivity contribution is 0.0609. The van der Waals surface area contributed by atoms with Gasteiger partial charge in [-0.2, -0.15) is 0 Å². The highest BCUT2D eigenvalue weighted by Gasteiger charge is 2.18. The van der Waals surface area contributed by atoms with Gasteiger partial charge in [0, 0.05) is 27.8 Å². The first kappa shape index (κ1) is 32.0. The Kier molecular flexibility index (Phi) is 10.6. The van der Waals surface area contributed by atoms with Crippen molar-refractivity contribution >= 4 is 59.5 Å². The van der Waals surface area contributed by atoms with E-state index in [4.69, 9.17) is 14.5 Å². The molecule has 1 N–H and O–H groups in total. The van der Waals surface area contributed by atoms with Gasteiger partial charge < -0.3 is 14.8 Å². The van der Waals surface area contributed by atoms with E-state index < -0.39 is 9.84 Å². The van der Waals surface area contributed by atoms with Crippen molar-refractivity contribution in [3.8, 4) is 17.0 Å². The van der Waals surface area contributed by atoms with E-state index in [-0.39, 0.29) is 36.6 Å². The minimum absolute atomic E-state index is 0.0112. The summed E-state index contributed by atoms with van der Waals surface area (Å²) < 4.78 is 50.2. The van der Waals surface area contributed by atoms with Crippen molar-refractivity contribution in [3.63, 3.8) is 0 Å². The molecule has 2 heterocycles. The van der Waals surface area contributed by atoms with Crippen LogP contribution in [0.15, 0.2) is 76.8 Å². The van der Waals surface area contributed by atoms with Crippen molar-refractivity contribution in [1.82, 2.24) is 15.0 Å². The van der Waals surface area contributed by atoms with Crippen molar-refractivity contribution in [1.29, 1.82) is 0 Å². The van der Waals surface area contributed by atoms with E-state index in [1.54, 1.807) is 6.07 Å². The van der Waals surface area contributed by atoms with Crippen LogP contribution in [-0.4, -0.2) is 41.5 Å². The molecule has 0 aliphatic rings. The van der Waals surface area contributed by atoms with Gasteiger partial charge in [0.25, 0.3) is 0 Å². The van der Waals surface area contributed by atoms with Gasteiger partial charge in [-0.05, 0) is 76.8 Å². The number of sulfone groups is 1. The number of aromatic nitrogens is 3. The summed E-state index contributed by atoms with van der Waals surface area (Å²) >= 11 is 5.07. The highest BCUT2D eigenvalue weighted by atomic mass is 79.9. The van der Waals surface area contributed by atoms with Crippen molar-refractivity contribution in [2.24, 2.45) is 0 Å². The minimum Gasteiger partial charge on any atom is -0.488 e. The second-order valence-corrected chi connectivity index (χ2v) is 14.2. The third-order valence-corrected chi connectivity index (χ3v) is 10.2. The third kappa shape index (κ3) is 8.17. The molecule has 0 amide bonds. The minimum atomic E-state index is -3.10. The Morgan fingerprint density at radius 1 is 1.05 bits per heavy atom. The van der Waals surface area contributed by atoms with Crippen LogP contribution in [0.25, 0.3) is 22.2 Å². The SMILES string of the molecule is CCCS(=O)(=O)CCOC(CC)c1nc(-c2ccc3ncnc(Nc4ccc(OCc5cccc(F)c5)c(Br)c4)c3c2)cs1. The Labute approximate surface area is 268 Å². The third-order valence-electron chi connectivity index (χ3n) is 6.81. The molecular formula is C32H32BrFN4O4S2. The van der Waals surface area contributed by atoms with E-state index in [0.29, 0.717) is 24.4 Å². The molecule has 5 aromatic rings. The van der Waals surface area contributed by atoms with Gasteiger partial charge in [0.15, 0.2) is 9.84 Å². The smallest absolute Gasteiger partial charge is 0.152 e. The zero-order valence-corrected chi connectivity index (χ0v) is 27.5. The second kappa shape index (κ2) is 14.6. The van der Waals surface area contributed by atoms with Crippen molar-refractivity contribution < 1.29 is 22.3 Å². The number of hydrogen-bond donors (Lipinski definition) is 1. The maximum Gasteiger partial charge on any atom is 0.152 e. The largest absolute Gasteiger partial charge is 0.488 e. The number of anilines is 2. The van der Waals surface area contributed by atoms with Gasteiger partial charge in [-0.3, -0.25) is 0 Å². The molecule has 0 saturated carbocycles. The summed E-state index contributed by atoms with van der Waals surface area (Å²) in [7, 11) is -3.10. The van der Waals surface area contributed by atoms with Gasteiger partial charge >= 0.3 is 0 Å². The summed E-state index contributed by atoms with van der Waals surface area (Å²) in [6.07, 6.45) is 2.53. The van der Waals surface area contributed by atoms with Crippen LogP contribution in [0.5, 0.6) is 5.75 Å². The maximum absolute atomic E-state index is 13.5. The van der Waals surface area contributed by atoms with Crippen molar-refractivity contribution in [2.45, 2.75) is 39.4 Å². The number of halogens is 2. The Bertz CT molecular complexity index is 1850. The highest BCUT2D eigenvalue weighted by Crippen LogP contribution is 2.34. The molecule has 0 fully saturated rings.